The SMILES string of the molecule is CC(=O)c1c[n+](Cc2ccccc2C)ccc1CC1Cc2cc3c(cc2C1=O)OCO3. The highest BCUT2D eigenvalue weighted by Crippen LogP contribution is 2.40. The van der Waals surface area contributed by atoms with Crippen LogP contribution in [0.5, 0.6) is 11.5 Å². The van der Waals surface area contributed by atoms with Gasteiger partial charge >= 0.3 is 0 Å². The van der Waals surface area contributed by atoms with E-state index >= 15 is 0 Å². The first-order valence-corrected chi connectivity index (χ1v) is 10.5. The Kier molecular flexibility index (Phi) is 4.81. The minimum atomic E-state index is -0.178. The molecular formula is C26H24NO4+. The van der Waals surface area contributed by atoms with Crippen LogP contribution in [0.15, 0.2) is 54.9 Å². The Hall–Kier alpha value is -3.47. The average Bonchev–Trinajstić information content (AvgIpc) is 3.33. The van der Waals surface area contributed by atoms with Crippen molar-refractivity contribution < 1.29 is 23.6 Å². The van der Waals surface area contributed by atoms with Crippen LogP contribution < -0.4 is 14.0 Å². The van der Waals surface area contributed by atoms with Gasteiger partial charge in [0, 0.05) is 23.1 Å². The Morgan fingerprint density at radius 3 is 2.65 bits per heavy atom. The number of hydrogen-bond acceptors (Lipinski definition) is 4. The van der Waals surface area contributed by atoms with E-state index in [0.717, 1.165) is 11.1 Å². The van der Waals surface area contributed by atoms with Crippen LogP contribution in [-0.2, 0) is 19.4 Å². The first kappa shape index (κ1) is 19.5. The van der Waals surface area contributed by atoms with Gasteiger partial charge in [0.25, 0.3) is 0 Å². The molecule has 5 rings (SSSR count). The highest BCUT2D eigenvalue weighted by Gasteiger charge is 2.34. The fourth-order valence-electron chi connectivity index (χ4n) is 4.54. The van der Waals surface area contributed by atoms with Gasteiger partial charge in [-0.25, -0.2) is 4.57 Å². The fraction of sp³-hybridized carbons (Fsp3) is 0.269. The number of ether oxygens (including phenoxy) is 2. The molecule has 0 spiro atoms. The highest BCUT2D eigenvalue weighted by atomic mass is 16.7. The van der Waals surface area contributed by atoms with Crippen LogP contribution in [0, 0.1) is 12.8 Å². The van der Waals surface area contributed by atoms with Gasteiger partial charge < -0.3 is 9.47 Å². The molecule has 2 aliphatic rings. The summed E-state index contributed by atoms with van der Waals surface area (Å²) in [6.45, 7) is 4.57. The van der Waals surface area contributed by atoms with E-state index in [1.54, 1.807) is 13.0 Å². The summed E-state index contributed by atoms with van der Waals surface area (Å²) in [6, 6.07) is 13.9. The topological polar surface area (TPSA) is 56.5 Å². The van der Waals surface area contributed by atoms with E-state index in [1.807, 2.05) is 41.2 Å². The minimum Gasteiger partial charge on any atom is -0.454 e. The number of aryl methyl sites for hydroxylation is 1. The van der Waals surface area contributed by atoms with Crippen LogP contribution in [0.4, 0.5) is 0 Å². The average molecular weight is 414 g/mol. The predicted molar refractivity (Wildman–Crippen MR) is 115 cm³/mol. The standard InChI is InChI=1S/C26H24NO4/c1-16-5-3-4-6-19(16)13-27-8-7-18(23(14-27)17(2)28)9-21-10-20-11-24-25(31-15-30-24)12-22(20)26(21)29/h3-8,11-12,14,21H,9-10,13,15H2,1-2H3/q+1. The van der Waals surface area contributed by atoms with Crippen LogP contribution >= 0.6 is 0 Å². The van der Waals surface area contributed by atoms with Crippen molar-refractivity contribution in [2.45, 2.75) is 33.2 Å². The molecule has 1 aromatic heterocycles. The first-order chi connectivity index (χ1) is 15.0. The maximum atomic E-state index is 13.0. The zero-order valence-electron chi connectivity index (χ0n) is 17.7. The molecule has 2 heterocycles. The molecule has 5 heteroatoms. The lowest BCUT2D eigenvalue weighted by atomic mass is 9.92. The quantitative estimate of drug-likeness (QED) is 0.470. The second-order valence-electron chi connectivity index (χ2n) is 8.37. The third-order valence-electron chi connectivity index (χ3n) is 6.27. The molecule has 156 valence electrons. The van der Waals surface area contributed by atoms with Crippen molar-refractivity contribution in [2.75, 3.05) is 6.79 Å². The number of pyridine rings is 1. The Morgan fingerprint density at radius 2 is 1.87 bits per heavy atom. The van der Waals surface area contributed by atoms with Crippen LogP contribution in [0.1, 0.15) is 49.9 Å². The number of benzene rings is 2. The van der Waals surface area contributed by atoms with Gasteiger partial charge in [0.15, 0.2) is 42.0 Å². The fourth-order valence-corrected chi connectivity index (χ4v) is 4.54. The molecule has 1 aliphatic carbocycles. The summed E-state index contributed by atoms with van der Waals surface area (Å²) >= 11 is 0. The summed E-state index contributed by atoms with van der Waals surface area (Å²) in [4.78, 5) is 25.5. The summed E-state index contributed by atoms with van der Waals surface area (Å²) in [6.07, 6.45) is 5.10. The lowest BCUT2D eigenvalue weighted by molar-refractivity contribution is -0.688. The summed E-state index contributed by atoms with van der Waals surface area (Å²) in [5.74, 6) is 1.28. The number of aromatic nitrogens is 1. The van der Waals surface area contributed by atoms with Gasteiger partial charge in [-0.05, 0) is 55.5 Å². The molecule has 0 radical (unpaired) electrons. The molecule has 0 saturated heterocycles. The summed E-state index contributed by atoms with van der Waals surface area (Å²) in [7, 11) is 0. The van der Waals surface area contributed by atoms with Crippen molar-refractivity contribution in [1.82, 2.24) is 0 Å². The second kappa shape index (κ2) is 7.65. The van der Waals surface area contributed by atoms with Crippen molar-refractivity contribution in [2.24, 2.45) is 5.92 Å². The molecule has 0 fully saturated rings. The summed E-state index contributed by atoms with van der Waals surface area (Å²) in [5.41, 5.74) is 5.73. The van der Waals surface area contributed by atoms with Gasteiger partial charge in [-0.2, -0.15) is 0 Å². The highest BCUT2D eigenvalue weighted by molar-refractivity contribution is 6.03. The van der Waals surface area contributed by atoms with Crippen molar-refractivity contribution in [3.8, 4) is 11.5 Å². The number of carbonyl (C=O) groups excluding carboxylic acids is 2. The number of Topliss-reactive ketones (excluding diaryl/α,β-unsaturated/α-hetero) is 2. The van der Waals surface area contributed by atoms with E-state index < -0.39 is 0 Å². The van der Waals surface area contributed by atoms with Crippen molar-refractivity contribution in [3.63, 3.8) is 0 Å². The van der Waals surface area contributed by atoms with Gasteiger partial charge in [-0.1, -0.05) is 24.3 Å². The largest absolute Gasteiger partial charge is 0.454 e. The third kappa shape index (κ3) is 3.61. The second-order valence-corrected chi connectivity index (χ2v) is 8.37. The molecule has 1 unspecified atom stereocenters. The molecule has 2 aromatic carbocycles. The molecule has 3 aromatic rings. The molecular weight excluding hydrogens is 390 g/mol. The van der Waals surface area contributed by atoms with E-state index in [0.29, 0.717) is 42.0 Å². The number of carbonyl (C=O) groups is 2. The Morgan fingerprint density at radius 1 is 1.10 bits per heavy atom. The van der Waals surface area contributed by atoms with E-state index in [9.17, 15) is 9.59 Å². The van der Waals surface area contributed by atoms with Crippen LogP contribution in [0.25, 0.3) is 0 Å². The number of hydrogen-bond donors (Lipinski definition) is 0. The smallest absolute Gasteiger partial charge is 0.231 e. The van der Waals surface area contributed by atoms with Gasteiger partial charge in [-0.3, -0.25) is 9.59 Å². The molecule has 31 heavy (non-hydrogen) atoms. The lowest BCUT2D eigenvalue weighted by Crippen LogP contribution is -2.35. The predicted octanol–water partition coefficient (Wildman–Crippen LogP) is 3.86. The maximum absolute atomic E-state index is 13.0. The maximum Gasteiger partial charge on any atom is 0.231 e. The number of rotatable bonds is 5. The number of nitrogens with zero attached hydrogens (tertiary/aromatic N) is 1. The Balaban J connectivity index is 1.39. The van der Waals surface area contributed by atoms with Crippen LogP contribution in [-0.4, -0.2) is 18.4 Å². The van der Waals surface area contributed by atoms with Crippen LogP contribution in [0.2, 0.25) is 0 Å². The lowest BCUT2D eigenvalue weighted by Gasteiger charge is -2.11. The van der Waals surface area contributed by atoms with E-state index in [1.165, 1.54) is 11.1 Å². The molecule has 1 atom stereocenters. The molecule has 0 N–H and O–H groups in total. The number of fused-ring (bicyclic) bond motifs is 2. The van der Waals surface area contributed by atoms with Gasteiger partial charge in [0.05, 0.1) is 5.56 Å². The zero-order valence-corrected chi connectivity index (χ0v) is 17.7. The monoisotopic (exact) mass is 414 g/mol. The third-order valence-corrected chi connectivity index (χ3v) is 6.27. The molecule has 1 aliphatic heterocycles. The summed E-state index contributed by atoms with van der Waals surface area (Å²) in [5, 5.41) is 0. The van der Waals surface area contributed by atoms with Crippen molar-refractivity contribution in [1.29, 1.82) is 0 Å². The van der Waals surface area contributed by atoms with Gasteiger partial charge in [-0.15, -0.1) is 0 Å². The Labute approximate surface area is 181 Å². The van der Waals surface area contributed by atoms with Crippen LogP contribution in [0.3, 0.4) is 0 Å². The van der Waals surface area contributed by atoms with Crippen molar-refractivity contribution >= 4 is 11.6 Å². The molecule has 0 amide bonds. The molecule has 0 saturated carbocycles. The molecule has 5 nitrogen and oxygen atoms in total. The van der Waals surface area contributed by atoms with Crippen molar-refractivity contribution in [3.05, 3.63) is 88.2 Å². The molecule has 0 bridgehead atoms. The normalized spacial score (nSPS) is 16.5. The number of ketones is 2. The zero-order chi connectivity index (χ0) is 21.5. The van der Waals surface area contributed by atoms with E-state index in [4.69, 9.17) is 9.47 Å². The van der Waals surface area contributed by atoms with E-state index in [2.05, 4.69) is 19.1 Å². The Bertz CT molecular complexity index is 1210. The van der Waals surface area contributed by atoms with Gasteiger partial charge in [0.1, 0.15) is 0 Å². The first-order valence-electron chi connectivity index (χ1n) is 10.5. The minimum absolute atomic E-state index is 0.0119. The summed E-state index contributed by atoms with van der Waals surface area (Å²) < 4.78 is 12.9. The van der Waals surface area contributed by atoms with E-state index in [-0.39, 0.29) is 24.3 Å². The van der Waals surface area contributed by atoms with Gasteiger partial charge in [0.2, 0.25) is 6.79 Å².